The number of hydrogen-bond acceptors (Lipinski definition) is 1. The summed E-state index contributed by atoms with van der Waals surface area (Å²) in [5, 5.41) is 0. The van der Waals surface area contributed by atoms with E-state index in [9.17, 15) is 0 Å². The van der Waals surface area contributed by atoms with Crippen LogP contribution >= 0.6 is 38.5 Å². The second-order valence-electron chi connectivity index (χ2n) is 4.60. The van der Waals surface area contributed by atoms with Crippen molar-refractivity contribution in [3.63, 3.8) is 0 Å². The van der Waals surface area contributed by atoms with Gasteiger partial charge in [0.05, 0.1) is 6.61 Å². The Kier molecular flexibility index (Phi) is 6.44. The van der Waals surface area contributed by atoms with E-state index in [1.54, 1.807) is 0 Å². The quantitative estimate of drug-likeness (QED) is 0.299. The molecular weight excluding hydrogens is 415 g/mol. The number of ether oxygens (including phenoxy) is 1. The standard InChI is InChI=1S/C16H18BrIO/c17-15-7-5-13-11-16(12-14(13)6-8-15)19-10-4-2-1-3-9-18/h5-8,11-12H,1-4,9-10H2. The fourth-order valence-corrected chi connectivity index (χ4v) is 2.83. The van der Waals surface area contributed by atoms with Gasteiger partial charge in [-0.3, -0.25) is 0 Å². The summed E-state index contributed by atoms with van der Waals surface area (Å²) in [6.45, 7) is 0.827. The maximum absolute atomic E-state index is 5.82. The summed E-state index contributed by atoms with van der Waals surface area (Å²) >= 11 is 5.92. The normalized spacial score (nSPS) is 10.8. The van der Waals surface area contributed by atoms with Crippen LogP contribution in [0.3, 0.4) is 0 Å². The van der Waals surface area contributed by atoms with Gasteiger partial charge in [0.15, 0.2) is 0 Å². The SMILES string of the molecule is Brc1ccc2cc(OCCCCCCI)cc-2cc1. The second kappa shape index (κ2) is 8.10. The van der Waals surface area contributed by atoms with Crippen molar-refractivity contribution in [1.29, 1.82) is 0 Å². The van der Waals surface area contributed by atoms with Crippen LogP contribution in [0.25, 0.3) is 11.1 Å². The van der Waals surface area contributed by atoms with Crippen LogP contribution in [-0.4, -0.2) is 11.0 Å². The van der Waals surface area contributed by atoms with Crippen LogP contribution in [0.4, 0.5) is 0 Å². The minimum absolute atomic E-state index is 0.827. The average Bonchev–Trinajstić information content (AvgIpc) is 2.72. The van der Waals surface area contributed by atoms with Gasteiger partial charge in [0.25, 0.3) is 0 Å². The first-order valence-electron chi connectivity index (χ1n) is 6.68. The molecule has 0 aromatic rings. The minimum atomic E-state index is 0.827. The topological polar surface area (TPSA) is 9.23 Å². The molecule has 0 aromatic heterocycles. The lowest BCUT2D eigenvalue weighted by atomic mass is 10.2. The Morgan fingerprint density at radius 3 is 2.16 bits per heavy atom. The molecule has 0 amide bonds. The third kappa shape index (κ3) is 4.95. The molecule has 0 bridgehead atoms. The zero-order valence-corrected chi connectivity index (χ0v) is 14.6. The first kappa shape index (κ1) is 15.1. The van der Waals surface area contributed by atoms with Crippen molar-refractivity contribution >= 4 is 38.5 Å². The fourth-order valence-electron chi connectivity index (χ4n) is 2.02. The highest BCUT2D eigenvalue weighted by Crippen LogP contribution is 2.31. The van der Waals surface area contributed by atoms with Crippen LogP contribution in [0.1, 0.15) is 25.7 Å². The molecule has 0 saturated heterocycles. The molecule has 2 aliphatic carbocycles. The highest BCUT2D eigenvalue weighted by atomic mass is 127. The third-order valence-corrected chi connectivity index (χ3v) is 4.36. The molecule has 1 nitrogen and oxygen atoms in total. The predicted molar refractivity (Wildman–Crippen MR) is 93.6 cm³/mol. The summed E-state index contributed by atoms with van der Waals surface area (Å²) in [4.78, 5) is 0. The molecule has 0 heterocycles. The highest BCUT2D eigenvalue weighted by molar-refractivity contribution is 14.1. The van der Waals surface area contributed by atoms with Gasteiger partial charge in [-0.25, -0.2) is 0 Å². The van der Waals surface area contributed by atoms with E-state index in [4.69, 9.17) is 4.74 Å². The molecule has 0 spiro atoms. The zero-order chi connectivity index (χ0) is 13.5. The van der Waals surface area contributed by atoms with Crippen molar-refractivity contribution in [1.82, 2.24) is 0 Å². The number of alkyl halides is 1. The molecular formula is C16H18BrIO. The van der Waals surface area contributed by atoms with Crippen LogP contribution in [0.5, 0.6) is 5.75 Å². The van der Waals surface area contributed by atoms with E-state index in [1.807, 2.05) is 0 Å². The van der Waals surface area contributed by atoms with Crippen LogP contribution < -0.4 is 4.74 Å². The van der Waals surface area contributed by atoms with Gasteiger partial charge in [-0.1, -0.05) is 63.5 Å². The Hall–Kier alpha value is -0.290. The first-order chi connectivity index (χ1) is 9.29. The number of rotatable bonds is 7. The number of hydrogen-bond donors (Lipinski definition) is 0. The van der Waals surface area contributed by atoms with Gasteiger partial charge in [-0.15, -0.1) is 0 Å². The van der Waals surface area contributed by atoms with E-state index in [1.165, 1.54) is 34.8 Å². The van der Waals surface area contributed by atoms with E-state index in [-0.39, 0.29) is 0 Å². The average molecular weight is 433 g/mol. The molecule has 0 aromatic carbocycles. The Morgan fingerprint density at radius 2 is 1.53 bits per heavy atom. The number of halogens is 2. The van der Waals surface area contributed by atoms with Gasteiger partial charge < -0.3 is 4.74 Å². The first-order valence-corrected chi connectivity index (χ1v) is 8.99. The van der Waals surface area contributed by atoms with Crippen molar-refractivity contribution in [2.45, 2.75) is 25.7 Å². The fraction of sp³-hybridized carbons (Fsp3) is 0.375. The van der Waals surface area contributed by atoms with E-state index >= 15 is 0 Å². The molecule has 2 aliphatic rings. The number of unbranched alkanes of at least 4 members (excludes halogenated alkanes) is 3. The molecule has 2 rings (SSSR count). The van der Waals surface area contributed by atoms with Crippen LogP contribution in [0.2, 0.25) is 0 Å². The molecule has 0 radical (unpaired) electrons. The van der Waals surface area contributed by atoms with Crippen molar-refractivity contribution in [3.8, 4) is 16.9 Å². The molecule has 0 aliphatic heterocycles. The maximum atomic E-state index is 5.82. The Balaban J connectivity index is 1.85. The molecule has 0 N–H and O–H groups in total. The molecule has 19 heavy (non-hydrogen) atoms. The lowest BCUT2D eigenvalue weighted by Gasteiger charge is -2.02. The van der Waals surface area contributed by atoms with Gasteiger partial charge in [0.1, 0.15) is 5.75 Å². The predicted octanol–water partition coefficient (Wildman–Crippen LogP) is 5.93. The van der Waals surface area contributed by atoms with Gasteiger partial charge >= 0.3 is 0 Å². The number of fused-ring (bicyclic) bond motifs is 1. The van der Waals surface area contributed by atoms with Crippen molar-refractivity contribution in [2.75, 3.05) is 11.0 Å². The zero-order valence-electron chi connectivity index (χ0n) is 10.9. The lowest BCUT2D eigenvalue weighted by Crippen LogP contribution is -1.95. The monoisotopic (exact) mass is 432 g/mol. The second-order valence-corrected chi connectivity index (χ2v) is 6.60. The Labute approximate surface area is 137 Å². The largest absolute Gasteiger partial charge is 0.494 e. The minimum Gasteiger partial charge on any atom is -0.494 e. The molecule has 0 fully saturated rings. The Bertz CT molecular complexity index is 453. The third-order valence-electron chi connectivity index (χ3n) is 3.07. The van der Waals surface area contributed by atoms with E-state index in [2.05, 4.69) is 74.9 Å². The van der Waals surface area contributed by atoms with Gasteiger partial charge in [-0.05, 0) is 52.7 Å². The van der Waals surface area contributed by atoms with Crippen molar-refractivity contribution in [2.24, 2.45) is 0 Å². The summed E-state index contributed by atoms with van der Waals surface area (Å²) in [5.74, 6) is 0.992. The van der Waals surface area contributed by atoms with E-state index in [0.29, 0.717) is 0 Å². The van der Waals surface area contributed by atoms with Gasteiger partial charge in [0, 0.05) is 4.47 Å². The Morgan fingerprint density at radius 1 is 0.895 bits per heavy atom. The summed E-state index contributed by atoms with van der Waals surface area (Å²) in [7, 11) is 0. The summed E-state index contributed by atoms with van der Waals surface area (Å²) in [6, 6.07) is 12.6. The van der Waals surface area contributed by atoms with Crippen molar-refractivity contribution < 1.29 is 4.74 Å². The molecule has 0 unspecified atom stereocenters. The van der Waals surface area contributed by atoms with Crippen LogP contribution in [0, 0.1) is 0 Å². The van der Waals surface area contributed by atoms with Gasteiger partial charge in [0.2, 0.25) is 0 Å². The molecule has 3 heteroatoms. The van der Waals surface area contributed by atoms with E-state index in [0.717, 1.165) is 23.2 Å². The molecule has 102 valence electrons. The highest BCUT2D eigenvalue weighted by Gasteiger charge is 2.05. The molecule has 0 atom stereocenters. The van der Waals surface area contributed by atoms with Gasteiger partial charge in [-0.2, -0.15) is 0 Å². The molecule has 0 saturated carbocycles. The van der Waals surface area contributed by atoms with Crippen LogP contribution in [0.15, 0.2) is 40.9 Å². The summed E-state index contributed by atoms with van der Waals surface area (Å²) in [5.41, 5.74) is 2.45. The summed E-state index contributed by atoms with van der Waals surface area (Å²) < 4.78 is 8.18. The maximum Gasteiger partial charge on any atom is 0.120 e. The van der Waals surface area contributed by atoms with Crippen molar-refractivity contribution in [3.05, 3.63) is 40.9 Å². The smallest absolute Gasteiger partial charge is 0.120 e. The van der Waals surface area contributed by atoms with E-state index < -0.39 is 0 Å². The van der Waals surface area contributed by atoms with Crippen LogP contribution in [-0.2, 0) is 0 Å². The summed E-state index contributed by atoms with van der Waals surface area (Å²) in [6.07, 6.45) is 5.06. The lowest BCUT2D eigenvalue weighted by molar-refractivity contribution is 0.306.